The fourth-order valence-electron chi connectivity index (χ4n) is 2.47. The average molecular weight is 389 g/mol. The molecule has 2 rings (SSSR count). The summed E-state index contributed by atoms with van der Waals surface area (Å²) in [5.41, 5.74) is 1.85. The van der Waals surface area contributed by atoms with Crippen molar-refractivity contribution in [2.24, 2.45) is 5.14 Å². The molecule has 2 aromatic carbocycles. The van der Waals surface area contributed by atoms with E-state index < -0.39 is 10.0 Å². The Morgan fingerprint density at radius 3 is 2.22 bits per heavy atom. The molecular formula is C19H23N3O4S. The van der Waals surface area contributed by atoms with Crippen molar-refractivity contribution in [1.29, 1.82) is 0 Å². The van der Waals surface area contributed by atoms with Gasteiger partial charge in [0, 0.05) is 20.1 Å². The molecule has 0 fully saturated rings. The highest BCUT2D eigenvalue weighted by atomic mass is 32.2. The van der Waals surface area contributed by atoms with Crippen LogP contribution >= 0.6 is 0 Å². The average Bonchev–Trinajstić information content (AvgIpc) is 2.62. The van der Waals surface area contributed by atoms with Gasteiger partial charge >= 0.3 is 0 Å². The van der Waals surface area contributed by atoms with E-state index >= 15 is 0 Å². The summed E-state index contributed by atoms with van der Waals surface area (Å²) >= 11 is 0. The lowest BCUT2D eigenvalue weighted by atomic mass is 10.1. The third-order valence-electron chi connectivity index (χ3n) is 3.99. The van der Waals surface area contributed by atoms with Crippen molar-refractivity contribution < 1.29 is 18.0 Å². The minimum absolute atomic E-state index is 0.0438. The highest BCUT2D eigenvalue weighted by molar-refractivity contribution is 7.89. The number of carbonyl (C=O) groups excluding carboxylic acids is 2. The molecule has 0 unspecified atom stereocenters. The third kappa shape index (κ3) is 6.84. The molecule has 8 heteroatoms. The van der Waals surface area contributed by atoms with Crippen molar-refractivity contribution >= 4 is 21.8 Å². The number of rotatable bonds is 8. The van der Waals surface area contributed by atoms with Gasteiger partial charge in [0.1, 0.15) is 6.42 Å². The Labute approximate surface area is 159 Å². The smallest absolute Gasteiger partial charge is 0.238 e. The summed E-state index contributed by atoms with van der Waals surface area (Å²) in [7, 11) is -2.05. The van der Waals surface area contributed by atoms with E-state index in [0.29, 0.717) is 19.5 Å². The Morgan fingerprint density at radius 2 is 1.63 bits per heavy atom. The largest absolute Gasteiger partial charge is 0.355 e. The second-order valence-corrected chi connectivity index (χ2v) is 7.76. The number of nitrogens with one attached hydrogen (secondary N) is 1. The first-order valence-corrected chi connectivity index (χ1v) is 9.96. The van der Waals surface area contributed by atoms with Gasteiger partial charge in [0.25, 0.3) is 0 Å². The van der Waals surface area contributed by atoms with Crippen LogP contribution < -0.4 is 10.5 Å². The minimum Gasteiger partial charge on any atom is -0.355 e. The molecule has 27 heavy (non-hydrogen) atoms. The third-order valence-corrected chi connectivity index (χ3v) is 4.92. The van der Waals surface area contributed by atoms with Gasteiger partial charge in [-0.2, -0.15) is 0 Å². The van der Waals surface area contributed by atoms with Crippen molar-refractivity contribution in [3.63, 3.8) is 0 Å². The Morgan fingerprint density at radius 1 is 1.00 bits per heavy atom. The number of nitrogens with two attached hydrogens (primary N) is 1. The van der Waals surface area contributed by atoms with Crippen LogP contribution in [-0.2, 0) is 32.6 Å². The predicted octanol–water partition coefficient (Wildman–Crippen LogP) is 1.04. The van der Waals surface area contributed by atoms with Crippen LogP contribution in [0.1, 0.15) is 17.5 Å². The summed E-state index contributed by atoms with van der Waals surface area (Å²) in [5.74, 6) is -0.602. The highest BCUT2D eigenvalue weighted by Gasteiger charge is 2.14. The van der Waals surface area contributed by atoms with Crippen LogP contribution in [0.15, 0.2) is 59.5 Å². The van der Waals surface area contributed by atoms with Gasteiger partial charge in [0.15, 0.2) is 0 Å². The number of carbonyl (C=O) groups is 2. The second-order valence-electron chi connectivity index (χ2n) is 6.20. The molecule has 2 amide bonds. The van der Waals surface area contributed by atoms with Crippen LogP contribution in [0.25, 0.3) is 0 Å². The lowest BCUT2D eigenvalue weighted by Crippen LogP contribution is -2.33. The van der Waals surface area contributed by atoms with Crippen molar-refractivity contribution in [3.05, 3.63) is 65.7 Å². The Balaban J connectivity index is 1.74. The van der Waals surface area contributed by atoms with E-state index in [9.17, 15) is 18.0 Å². The maximum absolute atomic E-state index is 12.1. The molecule has 0 heterocycles. The Bertz CT molecular complexity index is 881. The maximum atomic E-state index is 12.1. The van der Waals surface area contributed by atoms with Gasteiger partial charge in [-0.1, -0.05) is 42.5 Å². The van der Waals surface area contributed by atoms with E-state index in [0.717, 1.165) is 11.1 Å². The molecule has 0 aliphatic heterocycles. The number of amides is 2. The summed E-state index contributed by atoms with van der Waals surface area (Å²) in [5, 5.41) is 7.74. The summed E-state index contributed by atoms with van der Waals surface area (Å²) in [6.45, 7) is 0.798. The summed E-state index contributed by atoms with van der Waals surface area (Å²) in [6.07, 6.45) is 0.304. The van der Waals surface area contributed by atoms with Gasteiger partial charge in [-0.05, 0) is 29.7 Å². The fourth-order valence-corrected chi connectivity index (χ4v) is 2.99. The molecule has 7 nitrogen and oxygen atoms in total. The molecular weight excluding hydrogens is 366 g/mol. The van der Waals surface area contributed by atoms with Crippen molar-refractivity contribution in [2.75, 3.05) is 13.6 Å². The normalized spacial score (nSPS) is 11.0. The van der Waals surface area contributed by atoms with E-state index in [-0.39, 0.29) is 23.1 Å². The molecule has 0 bridgehead atoms. The van der Waals surface area contributed by atoms with Crippen molar-refractivity contribution in [1.82, 2.24) is 10.2 Å². The first kappa shape index (κ1) is 20.6. The van der Waals surface area contributed by atoms with E-state index in [1.807, 2.05) is 30.3 Å². The number of hydrogen-bond donors (Lipinski definition) is 2. The van der Waals surface area contributed by atoms with Crippen LogP contribution in [0.3, 0.4) is 0 Å². The standard InChI is InChI=1S/C19H23N3O4S/c1-22(14-16-5-3-2-4-6-16)19(24)13-18(23)21-12-11-15-7-9-17(10-8-15)27(20,25)26/h2-10H,11-14H2,1H3,(H,21,23)(H2,20,25,26). The lowest BCUT2D eigenvalue weighted by molar-refractivity contribution is -0.135. The van der Waals surface area contributed by atoms with Crippen LogP contribution in [0.5, 0.6) is 0 Å². The zero-order valence-electron chi connectivity index (χ0n) is 15.1. The number of primary sulfonamides is 1. The molecule has 0 aliphatic carbocycles. The van der Waals surface area contributed by atoms with E-state index in [4.69, 9.17) is 5.14 Å². The first-order valence-electron chi connectivity index (χ1n) is 8.42. The summed E-state index contributed by atoms with van der Waals surface area (Å²) in [6, 6.07) is 15.7. The van der Waals surface area contributed by atoms with Gasteiger partial charge in [-0.15, -0.1) is 0 Å². The molecule has 0 radical (unpaired) electrons. The highest BCUT2D eigenvalue weighted by Crippen LogP contribution is 2.09. The van der Waals surface area contributed by atoms with Gasteiger partial charge < -0.3 is 10.2 Å². The molecule has 0 atom stereocenters. The molecule has 0 aromatic heterocycles. The van der Waals surface area contributed by atoms with Gasteiger partial charge in [0.05, 0.1) is 4.90 Å². The molecule has 0 spiro atoms. The Kier molecular flexibility index (Phi) is 7.09. The monoisotopic (exact) mass is 389 g/mol. The van der Waals surface area contributed by atoms with Crippen LogP contribution in [0.2, 0.25) is 0 Å². The fraction of sp³-hybridized carbons (Fsp3) is 0.263. The Hall–Kier alpha value is -2.71. The molecule has 3 N–H and O–H groups in total. The second kappa shape index (κ2) is 9.29. The number of hydrogen-bond acceptors (Lipinski definition) is 4. The summed E-state index contributed by atoms with van der Waals surface area (Å²) in [4.78, 5) is 25.6. The quantitative estimate of drug-likeness (QED) is 0.657. The van der Waals surface area contributed by atoms with Gasteiger partial charge in [-0.3, -0.25) is 9.59 Å². The predicted molar refractivity (Wildman–Crippen MR) is 102 cm³/mol. The minimum atomic E-state index is -3.71. The van der Waals surface area contributed by atoms with Crippen molar-refractivity contribution in [2.45, 2.75) is 24.3 Å². The van der Waals surface area contributed by atoms with Gasteiger partial charge in [0.2, 0.25) is 21.8 Å². The lowest BCUT2D eigenvalue weighted by Gasteiger charge is -2.17. The molecule has 0 saturated heterocycles. The molecule has 144 valence electrons. The van der Waals surface area contributed by atoms with Crippen LogP contribution in [0, 0.1) is 0 Å². The summed E-state index contributed by atoms with van der Waals surface area (Å²) < 4.78 is 22.4. The topological polar surface area (TPSA) is 110 Å². The zero-order chi connectivity index (χ0) is 19.9. The number of nitrogens with zero attached hydrogens (tertiary/aromatic N) is 1. The molecule has 2 aromatic rings. The van der Waals surface area contributed by atoms with E-state index in [1.165, 1.54) is 17.0 Å². The van der Waals surface area contributed by atoms with Crippen molar-refractivity contribution in [3.8, 4) is 0 Å². The van der Waals surface area contributed by atoms with Crippen LogP contribution in [-0.4, -0.2) is 38.7 Å². The van der Waals surface area contributed by atoms with E-state index in [2.05, 4.69) is 5.32 Å². The zero-order valence-corrected chi connectivity index (χ0v) is 15.9. The van der Waals surface area contributed by atoms with Crippen LogP contribution in [0.4, 0.5) is 0 Å². The van der Waals surface area contributed by atoms with Gasteiger partial charge in [-0.25, -0.2) is 13.6 Å². The molecule has 0 aliphatic rings. The number of sulfonamides is 1. The number of benzene rings is 2. The SMILES string of the molecule is CN(Cc1ccccc1)C(=O)CC(=O)NCCc1ccc(S(N)(=O)=O)cc1. The molecule has 0 saturated carbocycles. The maximum Gasteiger partial charge on any atom is 0.238 e. The van der Waals surface area contributed by atoms with E-state index in [1.54, 1.807) is 19.2 Å². The first-order chi connectivity index (χ1) is 12.8.